The maximum absolute atomic E-state index is 12.6. The van der Waals surface area contributed by atoms with Gasteiger partial charge in [0.25, 0.3) is 5.91 Å². The Kier molecular flexibility index (Phi) is 4.90. The third-order valence-corrected chi connectivity index (χ3v) is 4.38. The normalized spacial score (nSPS) is 25.8. The molecule has 7 heteroatoms. The Balaban J connectivity index is 2.34. The summed E-state index contributed by atoms with van der Waals surface area (Å²) in [6.45, 7) is 2.06. The molecule has 0 spiro atoms. The zero-order valence-electron chi connectivity index (χ0n) is 12.2. The van der Waals surface area contributed by atoms with E-state index in [0.717, 1.165) is 6.21 Å². The summed E-state index contributed by atoms with van der Waals surface area (Å²) >= 11 is 5.84. The van der Waals surface area contributed by atoms with Crippen molar-refractivity contribution in [1.82, 2.24) is 4.90 Å². The van der Waals surface area contributed by atoms with Crippen LogP contribution in [0.25, 0.3) is 5.70 Å². The first-order valence-electron chi connectivity index (χ1n) is 6.83. The van der Waals surface area contributed by atoms with E-state index in [9.17, 15) is 9.90 Å². The summed E-state index contributed by atoms with van der Waals surface area (Å²) in [5.41, 5.74) is 7.01. The number of nitrogens with one attached hydrogen (secondary N) is 1. The molecule has 1 saturated heterocycles. The van der Waals surface area contributed by atoms with Crippen LogP contribution in [0.4, 0.5) is 0 Å². The van der Waals surface area contributed by atoms with Crippen molar-refractivity contribution in [3.63, 3.8) is 0 Å². The fourth-order valence-electron chi connectivity index (χ4n) is 2.60. The molecule has 3 atom stereocenters. The van der Waals surface area contributed by atoms with Crippen LogP contribution in [-0.4, -0.2) is 40.1 Å². The first-order valence-corrected chi connectivity index (χ1v) is 7.79. The lowest BCUT2D eigenvalue weighted by molar-refractivity contribution is -0.127. The number of amides is 1. The molecule has 0 aliphatic carbocycles. The molecule has 22 heavy (non-hydrogen) atoms. The molecule has 5 nitrogen and oxygen atoms in total. The van der Waals surface area contributed by atoms with Crippen molar-refractivity contribution >= 4 is 38.7 Å². The van der Waals surface area contributed by atoms with Gasteiger partial charge in [-0.05, 0) is 24.6 Å². The van der Waals surface area contributed by atoms with Gasteiger partial charge in [0.1, 0.15) is 0 Å². The Hall–Kier alpha value is -1.42. The molecule has 2 rings (SSSR count). The van der Waals surface area contributed by atoms with Crippen molar-refractivity contribution in [2.45, 2.75) is 24.7 Å². The number of aliphatic hydroxyl groups is 1. The largest absolute Gasteiger partial charge is 0.398 e. The molecule has 0 saturated carbocycles. The zero-order valence-corrected chi connectivity index (χ0v) is 14.1. The molecule has 0 aromatic heterocycles. The lowest BCUT2D eigenvalue weighted by Gasteiger charge is -2.23. The Morgan fingerprint density at radius 2 is 2.14 bits per heavy atom. The minimum Gasteiger partial charge on any atom is -0.398 e. The number of halogens is 1. The van der Waals surface area contributed by atoms with Crippen LogP contribution < -0.4 is 5.73 Å². The van der Waals surface area contributed by atoms with Gasteiger partial charge in [-0.2, -0.15) is 0 Å². The van der Waals surface area contributed by atoms with E-state index in [1.165, 1.54) is 4.90 Å². The monoisotopic (exact) mass is 339 g/mol. The highest BCUT2D eigenvalue weighted by atomic mass is 35.5. The number of nitrogens with zero attached hydrogens (tertiary/aromatic N) is 1. The van der Waals surface area contributed by atoms with Crippen molar-refractivity contribution in [2.24, 2.45) is 5.73 Å². The van der Waals surface area contributed by atoms with Gasteiger partial charge in [0.2, 0.25) is 0 Å². The Labute approximate surface area is 136 Å². The van der Waals surface area contributed by atoms with Gasteiger partial charge in [-0.25, -0.2) is 0 Å². The van der Waals surface area contributed by atoms with Gasteiger partial charge in [-0.3, -0.25) is 4.79 Å². The average Bonchev–Trinajstić information content (AvgIpc) is 2.73. The van der Waals surface area contributed by atoms with Crippen LogP contribution in [0.3, 0.4) is 0 Å². The molecule has 1 aliphatic rings. The number of benzene rings is 1. The van der Waals surface area contributed by atoms with E-state index in [4.69, 9.17) is 22.7 Å². The van der Waals surface area contributed by atoms with E-state index in [1.54, 1.807) is 24.3 Å². The Morgan fingerprint density at radius 1 is 1.55 bits per heavy atom. The van der Waals surface area contributed by atoms with E-state index >= 15 is 0 Å². The molecule has 3 unspecified atom stereocenters. The van der Waals surface area contributed by atoms with Gasteiger partial charge in [-0.1, -0.05) is 23.7 Å². The number of hydrogen-bond acceptors (Lipinski definition) is 4. The molecular formula is C15H19ClN3O2P. The predicted octanol–water partition coefficient (Wildman–Crippen LogP) is 1.84. The highest BCUT2D eigenvalue weighted by Crippen LogP contribution is 2.33. The molecular weight excluding hydrogens is 321 g/mol. The Morgan fingerprint density at radius 3 is 2.59 bits per heavy atom. The van der Waals surface area contributed by atoms with E-state index in [-0.39, 0.29) is 29.8 Å². The van der Waals surface area contributed by atoms with Crippen LogP contribution in [0.2, 0.25) is 5.02 Å². The van der Waals surface area contributed by atoms with E-state index in [0.29, 0.717) is 17.0 Å². The van der Waals surface area contributed by atoms with Crippen molar-refractivity contribution in [3.05, 3.63) is 40.4 Å². The van der Waals surface area contributed by atoms with E-state index in [1.807, 2.05) is 6.92 Å². The van der Waals surface area contributed by atoms with Crippen molar-refractivity contribution in [1.29, 1.82) is 5.41 Å². The molecule has 1 heterocycles. The van der Waals surface area contributed by atoms with E-state index < -0.39 is 5.34 Å². The lowest BCUT2D eigenvalue weighted by atomic mass is 10.1. The summed E-state index contributed by atoms with van der Waals surface area (Å²) < 4.78 is 0. The summed E-state index contributed by atoms with van der Waals surface area (Å²) in [7, 11) is 2.37. The van der Waals surface area contributed by atoms with Crippen molar-refractivity contribution < 1.29 is 9.90 Å². The fourth-order valence-corrected chi connectivity index (χ4v) is 3.27. The third-order valence-electron chi connectivity index (χ3n) is 3.71. The number of β-amino-alcohol motifs (C(OH)–C–C–N with tert-alkyl or cyclic N) is 1. The van der Waals surface area contributed by atoms with Gasteiger partial charge < -0.3 is 21.1 Å². The average molecular weight is 340 g/mol. The molecule has 1 aromatic carbocycles. The summed E-state index contributed by atoms with van der Waals surface area (Å²) in [5, 5.41) is 17.2. The van der Waals surface area contributed by atoms with Crippen LogP contribution in [0.15, 0.2) is 29.8 Å². The number of carbonyl (C=O) groups excluding carboxylic acids is 1. The number of likely N-dealkylation sites (tertiary alicyclic amines) is 1. The van der Waals surface area contributed by atoms with Crippen LogP contribution in [0.5, 0.6) is 0 Å². The maximum atomic E-state index is 12.6. The molecule has 1 aliphatic heterocycles. The van der Waals surface area contributed by atoms with Crippen LogP contribution in [-0.2, 0) is 4.79 Å². The first kappa shape index (κ1) is 16.9. The first-order chi connectivity index (χ1) is 10.2. The topological polar surface area (TPSA) is 90.4 Å². The second kappa shape index (κ2) is 6.37. The Bertz CT molecular complexity index is 628. The second-order valence-electron chi connectivity index (χ2n) is 5.57. The summed E-state index contributed by atoms with van der Waals surface area (Å²) in [5.74, 6) is -0.353. The van der Waals surface area contributed by atoms with Gasteiger partial charge in [-0.15, -0.1) is 9.24 Å². The number of carbonyl (C=O) groups is 1. The molecule has 1 amide bonds. The number of hydrogen-bond donors (Lipinski definition) is 3. The van der Waals surface area contributed by atoms with Gasteiger partial charge >= 0.3 is 0 Å². The fraction of sp³-hybridized carbons (Fsp3) is 0.333. The van der Waals surface area contributed by atoms with E-state index in [2.05, 4.69) is 9.24 Å². The summed E-state index contributed by atoms with van der Waals surface area (Å²) in [6.07, 6.45) is 1.43. The van der Waals surface area contributed by atoms with Crippen LogP contribution in [0.1, 0.15) is 18.9 Å². The van der Waals surface area contributed by atoms with Crippen molar-refractivity contribution in [2.75, 3.05) is 6.54 Å². The minimum atomic E-state index is -0.989. The number of nitrogens with two attached hydrogens (primary N) is 1. The van der Waals surface area contributed by atoms with Gasteiger partial charge in [0, 0.05) is 23.7 Å². The highest BCUT2D eigenvalue weighted by molar-refractivity contribution is 7.18. The SMILES string of the molecule is CC1CC(O)(P)CN1C(=O)/C(C=N)=C(/N)c1ccc(Cl)cc1. The maximum Gasteiger partial charge on any atom is 0.257 e. The van der Waals surface area contributed by atoms with Crippen LogP contribution in [0, 0.1) is 5.41 Å². The lowest BCUT2D eigenvalue weighted by Crippen LogP contribution is -2.37. The van der Waals surface area contributed by atoms with Gasteiger partial charge in [0.05, 0.1) is 23.2 Å². The second-order valence-corrected chi connectivity index (χ2v) is 7.08. The van der Waals surface area contributed by atoms with Gasteiger partial charge in [0.15, 0.2) is 0 Å². The molecule has 118 valence electrons. The highest BCUT2D eigenvalue weighted by Gasteiger charge is 2.40. The summed E-state index contributed by atoms with van der Waals surface area (Å²) in [6, 6.07) is 6.63. The quantitative estimate of drug-likeness (QED) is 0.446. The van der Waals surface area contributed by atoms with Crippen LogP contribution >= 0.6 is 20.8 Å². The molecule has 0 radical (unpaired) electrons. The minimum absolute atomic E-state index is 0.108. The third kappa shape index (κ3) is 3.49. The molecule has 1 aromatic rings. The predicted molar refractivity (Wildman–Crippen MR) is 91.8 cm³/mol. The summed E-state index contributed by atoms with van der Waals surface area (Å²) in [4.78, 5) is 14.2. The molecule has 0 bridgehead atoms. The number of rotatable bonds is 3. The standard InChI is InChI=1S/C15H19ClN3O2P/c1-9-6-15(21,22)8-19(9)14(20)12(7-17)13(18)10-2-4-11(16)5-3-10/h2-5,7,9,17,21H,6,8,18,22H2,1H3/b13-12+,17-7?. The molecule has 1 fully saturated rings. The zero-order chi connectivity index (χ0) is 16.5. The van der Waals surface area contributed by atoms with Crippen molar-refractivity contribution in [3.8, 4) is 0 Å². The smallest absolute Gasteiger partial charge is 0.257 e. The molecule has 4 N–H and O–H groups in total.